The number of nitrogens with one attached hydrogen (secondary N) is 2. The monoisotopic (exact) mass is 365 g/mol. The molecular formula is C18H37KN3P. The molecular weight excluding hydrogens is 328 g/mol. The standard InChI is InChI=1S/C11H16N2.C3H8N.C2H7P.C2H6.K/c1-2-4-11(5-3-1)10-13-8-6-12-7-9-13;1-3(2)4;1-2-3;1-2;/h1-5,12H,6-10H2;3-4H,1-2H3;2-3H2,1H3;1-2H3;/q;-1;;;+1. The summed E-state index contributed by atoms with van der Waals surface area (Å²) in [6.07, 6.45) is 1.17. The minimum atomic E-state index is 0. The normalized spacial score (nSPS) is 13.2. The number of nitrogens with zero attached hydrogens (tertiary/aromatic N) is 1. The Kier molecular flexibility index (Phi) is 29.2. The van der Waals surface area contributed by atoms with Gasteiger partial charge in [0.15, 0.2) is 0 Å². The quantitative estimate of drug-likeness (QED) is 0.636. The summed E-state index contributed by atoms with van der Waals surface area (Å²) in [6.45, 7) is 15.5. The minimum Gasteiger partial charge on any atom is -0.675 e. The van der Waals surface area contributed by atoms with Crippen LogP contribution >= 0.6 is 9.24 Å². The van der Waals surface area contributed by atoms with Gasteiger partial charge >= 0.3 is 51.4 Å². The van der Waals surface area contributed by atoms with Crippen molar-refractivity contribution in [1.29, 1.82) is 0 Å². The van der Waals surface area contributed by atoms with E-state index in [1.807, 2.05) is 27.7 Å². The van der Waals surface area contributed by atoms with E-state index >= 15 is 0 Å². The van der Waals surface area contributed by atoms with Crippen molar-refractivity contribution in [3.63, 3.8) is 0 Å². The van der Waals surface area contributed by atoms with E-state index in [-0.39, 0.29) is 57.4 Å². The van der Waals surface area contributed by atoms with Gasteiger partial charge in [-0.05, 0) is 11.7 Å². The van der Waals surface area contributed by atoms with Crippen LogP contribution in [0, 0.1) is 0 Å². The second-order valence-electron chi connectivity index (χ2n) is 5.07. The fourth-order valence-electron chi connectivity index (χ4n) is 1.71. The number of hydrogen-bond donors (Lipinski definition) is 1. The summed E-state index contributed by atoms with van der Waals surface area (Å²) in [5, 5.41) is 3.36. The Morgan fingerprint density at radius 3 is 1.91 bits per heavy atom. The van der Waals surface area contributed by atoms with Crippen molar-refractivity contribution in [2.24, 2.45) is 0 Å². The molecule has 1 aromatic rings. The van der Waals surface area contributed by atoms with E-state index in [0.29, 0.717) is 0 Å². The van der Waals surface area contributed by atoms with Crippen LogP contribution in [0.25, 0.3) is 5.73 Å². The molecule has 5 heteroatoms. The van der Waals surface area contributed by atoms with E-state index in [1.54, 1.807) is 0 Å². The zero-order chi connectivity index (χ0) is 17.2. The molecule has 23 heavy (non-hydrogen) atoms. The largest absolute Gasteiger partial charge is 1.00 e. The van der Waals surface area contributed by atoms with E-state index < -0.39 is 0 Å². The van der Waals surface area contributed by atoms with Gasteiger partial charge < -0.3 is 11.1 Å². The first-order chi connectivity index (χ1) is 10.6. The van der Waals surface area contributed by atoms with Crippen molar-refractivity contribution in [3.05, 3.63) is 41.6 Å². The zero-order valence-corrected chi connectivity index (χ0v) is 20.5. The minimum absolute atomic E-state index is 0. The van der Waals surface area contributed by atoms with Crippen molar-refractivity contribution in [2.75, 3.05) is 32.3 Å². The maximum Gasteiger partial charge on any atom is 1.00 e. The average molecular weight is 366 g/mol. The van der Waals surface area contributed by atoms with Gasteiger partial charge in [-0.2, -0.15) is 0 Å². The molecule has 1 aliphatic rings. The maximum atomic E-state index is 6.58. The third-order valence-corrected chi connectivity index (χ3v) is 2.46. The van der Waals surface area contributed by atoms with Crippen molar-refractivity contribution in [2.45, 2.75) is 47.2 Å². The Bertz CT molecular complexity index is 302. The van der Waals surface area contributed by atoms with Gasteiger partial charge in [0, 0.05) is 32.7 Å². The summed E-state index contributed by atoms with van der Waals surface area (Å²) in [6, 6.07) is 10.8. The van der Waals surface area contributed by atoms with E-state index in [4.69, 9.17) is 5.73 Å². The third kappa shape index (κ3) is 23.2. The summed E-state index contributed by atoms with van der Waals surface area (Å²) >= 11 is 0. The molecule has 1 aromatic carbocycles. The van der Waals surface area contributed by atoms with Gasteiger partial charge in [-0.25, -0.2) is 0 Å². The number of piperazine rings is 1. The van der Waals surface area contributed by atoms with E-state index in [9.17, 15) is 0 Å². The Morgan fingerprint density at radius 2 is 1.52 bits per heavy atom. The Balaban J connectivity index is -0.000000341. The van der Waals surface area contributed by atoms with Crippen LogP contribution in [0.4, 0.5) is 0 Å². The van der Waals surface area contributed by atoms with Crippen LogP contribution < -0.4 is 56.7 Å². The molecule has 1 saturated heterocycles. The van der Waals surface area contributed by atoms with Crippen LogP contribution in [0.15, 0.2) is 30.3 Å². The Labute approximate surface area is 190 Å². The molecule has 3 nitrogen and oxygen atoms in total. The van der Waals surface area contributed by atoms with E-state index in [2.05, 4.69) is 56.7 Å². The topological polar surface area (TPSA) is 39.1 Å². The van der Waals surface area contributed by atoms with Gasteiger partial charge in [0.2, 0.25) is 0 Å². The first-order valence-electron chi connectivity index (χ1n) is 8.48. The first-order valence-corrected chi connectivity index (χ1v) is 9.30. The van der Waals surface area contributed by atoms with Gasteiger partial charge in [-0.1, -0.05) is 65.0 Å². The fourth-order valence-corrected chi connectivity index (χ4v) is 1.71. The van der Waals surface area contributed by atoms with Gasteiger partial charge in [-0.15, -0.1) is 15.3 Å². The molecule has 2 N–H and O–H groups in total. The molecule has 1 fully saturated rings. The molecule has 130 valence electrons. The molecule has 0 spiro atoms. The first kappa shape index (κ1) is 28.9. The summed E-state index contributed by atoms with van der Waals surface area (Å²) in [5.74, 6) is 0. The van der Waals surface area contributed by atoms with Crippen molar-refractivity contribution < 1.29 is 51.4 Å². The zero-order valence-electron chi connectivity index (χ0n) is 16.2. The van der Waals surface area contributed by atoms with E-state index in [1.165, 1.54) is 24.8 Å². The van der Waals surface area contributed by atoms with Crippen LogP contribution in [-0.2, 0) is 6.54 Å². The molecule has 1 heterocycles. The molecule has 0 bridgehead atoms. The molecule has 0 amide bonds. The van der Waals surface area contributed by atoms with Gasteiger partial charge in [0.05, 0.1) is 0 Å². The summed E-state index contributed by atoms with van der Waals surface area (Å²) < 4.78 is 0. The maximum absolute atomic E-state index is 6.58. The smallest absolute Gasteiger partial charge is 0.675 e. The summed E-state index contributed by atoms with van der Waals surface area (Å²) in [4.78, 5) is 2.49. The summed E-state index contributed by atoms with van der Waals surface area (Å²) in [5.41, 5.74) is 8.00. The van der Waals surface area contributed by atoms with Gasteiger partial charge in [0.1, 0.15) is 0 Å². The van der Waals surface area contributed by atoms with Crippen molar-refractivity contribution in [1.82, 2.24) is 10.2 Å². The molecule has 1 unspecified atom stereocenters. The second-order valence-corrected chi connectivity index (χ2v) is 5.89. The van der Waals surface area contributed by atoms with Crippen LogP contribution in [-0.4, -0.2) is 43.3 Å². The molecule has 0 saturated carbocycles. The molecule has 0 aliphatic carbocycles. The van der Waals surface area contributed by atoms with Crippen molar-refractivity contribution >= 4 is 9.24 Å². The van der Waals surface area contributed by atoms with Crippen LogP contribution in [0.2, 0.25) is 0 Å². The van der Waals surface area contributed by atoms with Gasteiger partial charge in [-0.3, -0.25) is 4.90 Å². The van der Waals surface area contributed by atoms with E-state index in [0.717, 1.165) is 19.6 Å². The van der Waals surface area contributed by atoms with Gasteiger partial charge in [0.25, 0.3) is 0 Å². The van der Waals surface area contributed by atoms with Crippen LogP contribution in [0.5, 0.6) is 0 Å². The van der Waals surface area contributed by atoms with Crippen molar-refractivity contribution in [3.8, 4) is 0 Å². The predicted octanol–water partition coefficient (Wildman–Crippen LogP) is 1.45. The molecule has 1 aliphatic heterocycles. The Morgan fingerprint density at radius 1 is 1.13 bits per heavy atom. The summed E-state index contributed by atoms with van der Waals surface area (Å²) in [7, 11) is 2.58. The van der Waals surface area contributed by atoms with Crippen LogP contribution in [0.1, 0.15) is 40.2 Å². The number of benzene rings is 1. The van der Waals surface area contributed by atoms with Crippen LogP contribution in [0.3, 0.4) is 0 Å². The number of hydrogen-bond acceptors (Lipinski definition) is 2. The molecule has 0 aromatic heterocycles. The predicted molar refractivity (Wildman–Crippen MR) is 106 cm³/mol. The molecule has 1 atom stereocenters. The Hall–Kier alpha value is 1.17. The molecule has 2 rings (SSSR count). The fraction of sp³-hybridized carbons (Fsp3) is 0.667. The number of rotatable bonds is 2. The average Bonchev–Trinajstić information content (AvgIpc) is 2.52. The SMILES string of the molecule is CC.CC(C)[NH-].CCP.[K+].c1ccc(CN2CCNCC2)cc1. The second kappa shape index (κ2) is 23.2. The molecule has 0 radical (unpaired) electrons. The third-order valence-electron chi connectivity index (χ3n) is 2.46.